The minimum Gasteiger partial charge on any atom is -0.358 e. The maximum atomic E-state index is 12.3. The number of hydrogen-bond donors (Lipinski definition) is 2. The van der Waals surface area contributed by atoms with E-state index in [0.717, 1.165) is 17.3 Å². The van der Waals surface area contributed by atoms with Crippen molar-refractivity contribution in [3.05, 3.63) is 68.1 Å². The summed E-state index contributed by atoms with van der Waals surface area (Å²) in [6.07, 6.45) is 0. The zero-order chi connectivity index (χ0) is 18.8. The number of hydrogen-bond acceptors (Lipinski definition) is 5. The molecule has 3 rings (SSSR count). The molecule has 10 heteroatoms. The summed E-state index contributed by atoms with van der Waals surface area (Å²) >= 11 is 5.89. The van der Waals surface area contributed by atoms with Crippen molar-refractivity contribution in [2.75, 3.05) is 5.32 Å². The number of amides is 1. The van der Waals surface area contributed by atoms with Gasteiger partial charge in [-0.05, 0) is 36.5 Å². The second-order valence-corrected chi connectivity index (χ2v) is 6.12. The average Bonchev–Trinajstić information content (AvgIpc) is 3.18. The highest BCUT2D eigenvalue weighted by Gasteiger charge is 2.20. The van der Waals surface area contributed by atoms with Gasteiger partial charge in [0.05, 0.1) is 29.7 Å². The van der Waals surface area contributed by atoms with Gasteiger partial charge in [-0.3, -0.25) is 9.48 Å². The first-order valence-corrected chi connectivity index (χ1v) is 8.02. The van der Waals surface area contributed by atoms with Crippen molar-refractivity contribution >= 4 is 29.0 Å². The van der Waals surface area contributed by atoms with Crippen molar-refractivity contribution in [1.29, 1.82) is 0 Å². The topological polar surface area (TPSA) is 119 Å². The van der Waals surface area contributed by atoms with E-state index in [1.807, 2.05) is 19.1 Å². The average molecular weight is 375 g/mol. The van der Waals surface area contributed by atoms with Crippen LogP contribution in [0.3, 0.4) is 0 Å². The number of nitrogens with one attached hydrogen (secondary N) is 2. The highest BCUT2D eigenvalue weighted by Crippen LogP contribution is 2.22. The summed E-state index contributed by atoms with van der Waals surface area (Å²) in [5, 5.41) is 24.4. The van der Waals surface area contributed by atoms with Crippen LogP contribution in [-0.2, 0) is 6.54 Å². The van der Waals surface area contributed by atoms with E-state index in [1.54, 1.807) is 23.7 Å². The van der Waals surface area contributed by atoms with E-state index in [9.17, 15) is 14.9 Å². The van der Waals surface area contributed by atoms with Gasteiger partial charge in [0.1, 0.15) is 0 Å². The van der Waals surface area contributed by atoms with Crippen molar-refractivity contribution in [2.45, 2.75) is 20.4 Å². The number of H-pyrrole nitrogens is 1. The van der Waals surface area contributed by atoms with Gasteiger partial charge in [-0.25, -0.2) is 0 Å². The fourth-order valence-corrected chi connectivity index (χ4v) is 2.62. The molecule has 0 saturated carbocycles. The molecule has 0 spiro atoms. The van der Waals surface area contributed by atoms with Crippen LogP contribution < -0.4 is 5.32 Å². The highest BCUT2D eigenvalue weighted by molar-refractivity contribution is 6.30. The monoisotopic (exact) mass is 374 g/mol. The van der Waals surface area contributed by atoms with Crippen molar-refractivity contribution in [1.82, 2.24) is 20.0 Å². The molecule has 2 aromatic heterocycles. The molecule has 1 amide bonds. The molecule has 0 aliphatic rings. The van der Waals surface area contributed by atoms with Crippen LogP contribution in [0.2, 0.25) is 5.02 Å². The molecular formula is C16H15ClN6O3. The minimum atomic E-state index is -0.648. The van der Waals surface area contributed by atoms with Crippen LogP contribution in [0, 0.1) is 24.0 Å². The van der Waals surface area contributed by atoms with Crippen LogP contribution >= 0.6 is 11.6 Å². The lowest BCUT2D eigenvalue weighted by molar-refractivity contribution is -0.389. The Morgan fingerprint density at radius 3 is 2.65 bits per heavy atom. The van der Waals surface area contributed by atoms with Crippen LogP contribution in [0.15, 0.2) is 30.3 Å². The Morgan fingerprint density at radius 1 is 1.35 bits per heavy atom. The normalized spacial score (nSPS) is 10.7. The van der Waals surface area contributed by atoms with Crippen LogP contribution in [0.5, 0.6) is 0 Å². The third-order valence-electron chi connectivity index (χ3n) is 3.86. The fourth-order valence-electron chi connectivity index (χ4n) is 2.49. The van der Waals surface area contributed by atoms with Gasteiger partial charge in [-0.2, -0.15) is 5.10 Å². The predicted octanol–water partition coefficient (Wildman–Crippen LogP) is 3.09. The number of aromatic nitrogens is 4. The van der Waals surface area contributed by atoms with E-state index in [1.165, 1.54) is 0 Å². The number of halogens is 1. The van der Waals surface area contributed by atoms with Gasteiger partial charge < -0.3 is 15.4 Å². The van der Waals surface area contributed by atoms with Gasteiger partial charge in [0.2, 0.25) is 0 Å². The van der Waals surface area contributed by atoms with Crippen LogP contribution in [0.25, 0.3) is 0 Å². The molecular weight excluding hydrogens is 360 g/mol. The SMILES string of the molecule is Cc1nn(Cc2ccc(Cl)cc2)c(C)c1NC(=O)c1cc([N+](=O)[O-])[nH]n1. The number of nitro groups is 1. The van der Waals surface area contributed by atoms with Gasteiger partial charge >= 0.3 is 5.82 Å². The van der Waals surface area contributed by atoms with Crippen LogP contribution in [0.4, 0.5) is 11.5 Å². The summed E-state index contributed by atoms with van der Waals surface area (Å²) in [5.41, 5.74) is 2.89. The number of carbonyl (C=O) groups is 1. The predicted molar refractivity (Wildman–Crippen MR) is 95.5 cm³/mol. The fraction of sp³-hybridized carbons (Fsp3) is 0.188. The third-order valence-corrected chi connectivity index (χ3v) is 4.11. The van der Waals surface area contributed by atoms with Crippen LogP contribution in [0.1, 0.15) is 27.4 Å². The van der Waals surface area contributed by atoms with Crippen LogP contribution in [-0.4, -0.2) is 30.8 Å². The molecule has 0 bridgehead atoms. The van der Waals surface area contributed by atoms with Crippen molar-refractivity contribution in [2.24, 2.45) is 0 Å². The summed E-state index contributed by atoms with van der Waals surface area (Å²) < 4.78 is 1.77. The second-order valence-electron chi connectivity index (χ2n) is 5.68. The number of aryl methyl sites for hydroxylation is 1. The molecule has 0 atom stereocenters. The lowest BCUT2D eigenvalue weighted by Crippen LogP contribution is -2.14. The number of rotatable bonds is 5. The second kappa shape index (κ2) is 6.96. The number of aromatic amines is 1. The number of nitrogens with zero attached hydrogens (tertiary/aromatic N) is 4. The van der Waals surface area contributed by atoms with Crippen molar-refractivity contribution in [3.8, 4) is 0 Å². The van der Waals surface area contributed by atoms with Gasteiger partial charge in [-0.15, -0.1) is 5.10 Å². The Labute approximate surface area is 153 Å². The first-order valence-electron chi connectivity index (χ1n) is 7.64. The zero-order valence-corrected chi connectivity index (χ0v) is 14.7. The van der Waals surface area contributed by atoms with Gasteiger partial charge in [0.15, 0.2) is 5.69 Å². The first-order chi connectivity index (χ1) is 12.3. The molecule has 134 valence electrons. The van der Waals surface area contributed by atoms with Gasteiger partial charge in [-0.1, -0.05) is 28.8 Å². The Kier molecular flexibility index (Phi) is 4.72. The Hall–Kier alpha value is -3.20. The van der Waals surface area contributed by atoms with E-state index >= 15 is 0 Å². The van der Waals surface area contributed by atoms with E-state index in [-0.39, 0.29) is 11.5 Å². The Balaban J connectivity index is 1.79. The first kappa shape index (κ1) is 17.6. The molecule has 9 nitrogen and oxygen atoms in total. The maximum Gasteiger partial charge on any atom is 0.343 e. The number of carbonyl (C=O) groups excluding carboxylic acids is 1. The molecule has 3 aromatic rings. The smallest absolute Gasteiger partial charge is 0.343 e. The minimum absolute atomic E-state index is 0.0686. The van der Waals surface area contributed by atoms with Crippen molar-refractivity contribution in [3.63, 3.8) is 0 Å². The van der Waals surface area contributed by atoms with E-state index in [0.29, 0.717) is 22.9 Å². The lowest BCUT2D eigenvalue weighted by atomic mass is 10.2. The largest absolute Gasteiger partial charge is 0.358 e. The summed E-state index contributed by atoms with van der Waals surface area (Å²) in [4.78, 5) is 22.3. The standard InChI is InChI=1S/C16H15ClN6O3/c1-9-15(18-16(24)13-7-14(20-19-13)23(25)26)10(2)22(21-9)8-11-3-5-12(17)6-4-11/h3-7H,8H2,1-2H3,(H,18,24)(H,19,20). The van der Waals surface area contributed by atoms with Crippen molar-refractivity contribution < 1.29 is 9.72 Å². The molecule has 0 aliphatic carbocycles. The maximum absolute atomic E-state index is 12.3. The molecule has 0 saturated heterocycles. The van der Waals surface area contributed by atoms with E-state index in [4.69, 9.17) is 11.6 Å². The summed E-state index contributed by atoms with van der Waals surface area (Å²) in [7, 11) is 0. The Morgan fingerprint density at radius 2 is 2.04 bits per heavy atom. The zero-order valence-electron chi connectivity index (χ0n) is 14.0. The molecule has 1 aromatic carbocycles. The summed E-state index contributed by atoms with van der Waals surface area (Å²) in [5.74, 6) is -0.895. The quantitative estimate of drug-likeness (QED) is 0.525. The highest BCUT2D eigenvalue weighted by atomic mass is 35.5. The molecule has 0 radical (unpaired) electrons. The summed E-state index contributed by atoms with van der Waals surface area (Å²) in [6.45, 7) is 4.13. The molecule has 0 aliphatic heterocycles. The van der Waals surface area contributed by atoms with Gasteiger partial charge in [0.25, 0.3) is 5.91 Å². The molecule has 2 N–H and O–H groups in total. The number of anilines is 1. The Bertz CT molecular complexity index is 977. The van der Waals surface area contributed by atoms with E-state index in [2.05, 4.69) is 20.6 Å². The summed E-state index contributed by atoms with van der Waals surface area (Å²) in [6, 6.07) is 8.49. The molecule has 2 heterocycles. The molecule has 0 unspecified atom stereocenters. The lowest BCUT2D eigenvalue weighted by Gasteiger charge is -2.06. The molecule has 26 heavy (non-hydrogen) atoms. The molecule has 0 fully saturated rings. The van der Waals surface area contributed by atoms with Gasteiger partial charge in [0, 0.05) is 5.02 Å². The third kappa shape index (κ3) is 3.57. The number of benzene rings is 1. The van der Waals surface area contributed by atoms with E-state index < -0.39 is 10.8 Å².